The summed E-state index contributed by atoms with van der Waals surface area (Å²) in [6.07, 6.45) is -5.07. The van der Waals surface area contributed by atoms with Crippen molar-refractivity contribution in [2.24, 2.45) is 0 Å². The lowest BCUT2D eigenvalue weighted by atomic mass is 10.1. The van der Waals surface area contributed by atoms with Crippen molar-refractivity contribution in [2.75, 3.05) is 0 Å². The molecule has 0 aliphatic rings. The largest absolute Gasteiger partial charge is 0.573 e. The summed E-state index contributed by atoms with van der Waals surface area (Å²) in [5.74, 6) is -8.18. The maximum Gasteiger partial charge on any atom is 0.573 e. The molecule has 0 radical (unpaired) electrons. The van der Waals surface area contributed by atoms with Crippen molar-refractivity contribution in [1.29, 1.82) is 0 Å². The second-order valence-electron chi connectivity index (χ2n) is 3.15. The van der Waals surface area contributed by atoms with Crippen LogP contribution >= 0.6 is 0 Å². The zero-order valence-corrected chi connectivity index (χ0v) is 8.82. The first-order valence-corrected chi connectivity index (χ1v) is 4.49. The van der Waals surface area contributed by atoms with Crippen molar-refractivity contribution >= 4 is 17.5 Å². The van der Waals surface area contributed by atoms with Crippen LogP contribution in [0.15, 0.2) is 18.2 Å². The summed E-state index contributed by atoms with van der Waals surface area (Å²) in [4.78, 5) is 32.3. The smallest absolute Gasteiger partial charge is 0.475 e. The lowest BCUT2D eigenvalue weighted by molar-refractivity contribution is -0.274. The Hall–Kier alpha value is -2.45. The van der Waals surface area contributed by atoms with Gasteiger partial charge in [-0.15, -0.1) is 13.2 Å². The third-order valence-corrected chi connectivity index (χ3v) is 1.82. The average Bonchev–Trinajstić information content (AvgIpc) is 2.27. The van der Waals surface area contributed by atoms with E-state index in [2.05, 4.69) is 4.74 Å². The highest BCUT2D eigenvalue weighted by molar-refractivity contribution is 6.65. The first-order chi connectivity index (χ1) is 8.61. The predicted octanol–water partition coefficient (Wildman–Crippen LogP) is 1.56. The Morgan fingerprint density at radius 2 is 1.74 bits per heavy atom. The molecule has 0 aliphatic heterocycles. The van der Waals surface area contributed by atoms with E-state index in [9.17, 15) is 31.9 Å². The molecule has 102 valence electrons. The molecule has 9 heteroatoms. The number of halogens is 4. The Bertz CT molecular complexity index is 549. The van der Waals surface area contributed by atoms with Gasteiger partial charge in [0.15, 0.2) is 0 Å². The summed E-state index contributed by atoms with van der Waals surface area (Å²) in [6.45, 7) is 0. The molecule has 0 spiro atoms. The number of Topliss-reactive ketones (excluding diaryl/α,β-unsaturated/α-hetero) is 2. The van der Waals surface area contributed by atoms with Crippen molar-refractivity contribution in [3.05, 3.63) is 29.6 Å². The molecule has 0 aliphatic carbocycles. The van der Waals surface area contributed by atoms with Crippen LogP contribution in [0.4, 0.5) is 17.6 Å². The summed E-state index contributed by atoms with van der Waals surface area (Å²) in [6, 6.07) is 1.32. The minimum Gasteiger partial charge on any atom is -0.475 e. The lowest BCUT2D eigenvalue weighted by Crippen LogP contribution is -2.24. The summed E-state index contributed by atoms with van der Waals surface area (Å²) in [7, 11) is 0. The molecule has 19 heavy (non-hydrogen) atoms. The van der Waals surface area contributed by atoms with Crippen molar-refractivity contribution < 1.29 is 41.8 Å². The SMILES string of the molecule is O=C(O)C(=O)C(=O)c1cc(OC(F)(F)F)ccc1F. The lowest BCUT2D eigenvalue weighted by Gasteiger charge is -2.09. The van der Waals surface area contributed by atoms with Crippen LogP contribution in [0.1, 0.15) is 10.4 Å². The average molecular weight is 280 g/mol. The zero-order valence-electron chi connectivity index (χ0n) is 8.82. The van der Waals surface area contributed by atoms with Crippen LogP contribution in [0.2, 0.25) is 0 Å². The number of carboxylic acids is 1. The number of ketones is 2. The second kappa shape index (κ2) is 5.04. The summed E-state index contributed by atoms with van der Waals surface area (Å²) in [5.41, 5.74) is -1.12. The molecule has 0 saturated heterocycles. The Kier molecular flexibility index (Phi) is 3.88. The minimum atomic E-state index is -5.07. The Balaban J connectivity index is 3.14. The molecular formula is C10H4F4O5. The highest BCUT2D eigenvalue weighted by Crippen LogP contribution is 2.25. The van der Waals surface area contributed by atoms with Crippen LogP contribution < -0.4 is 4.74 Å². The van der Waals surface area contributed by atoms with Gasteiger partial charge in [0.1, 0.15) is 11.6 Å². The van der Waals surface area contributed by atoms with E-state index in [1.165, 1.54) is 0 Å². The molecule has 0 amide bonds. The van der Waals surface area contributed by atoms with E-state index in [-0.39, 0.29) is 0 Å². The van der Waals surface area contributed by atoms with E-state index in [0.29, 0.717) is 18.2 Å². The van der Waals surface area contributed by atoms with Gasteiger partial charge in [-0.1, -0.05) is 0 Å². The fraction of sp³-hybridized carbons (Fsp3) is 0.100. The highest BCUT2D eigenvalue weighted by Gasteiger charge is 2.32. The molecule has 1 rings (SSSR count). The van der Waals surface area contributed by atoms with E-state index in [4.69, 9.17) is 5.11 Å². The van der Waals surface area contributed by atoms with Crippen LogP contribution in [0.25, 0.3) is 0 Å². The zero-order chi connectivity index (χ0) is 14.8. The quantitative estimate of drug-likeness (QED) is 0.392. The van der Waals surface area contributed by atoms with Gasteiger partial charge >= 0.3 is 18.1 Å². The van der Waals surface area contributed by atoms with Gasteiger partial charge in [0, 0.05) is 0 Å². The number of alkyl halides is 3. The number of hydrogen-bond donors (Lipinski definition) is 1. The number of hydrogen-bond acceptors (Lipinski definition) is 4. The Morgan fingerprint density at radius 1 is 1.16 bits per heavy atom. The highest BCUT2D eigenvalue weighted by atomic mass is 19.4. The second-order valence-corrected chi connectivity index (χ2v) is 3.15. The maximum absolute atomic E-state index is 13.2. The third-order valence-electron chi connectivity index (χ3n) is 1.82. The summed E-state index contributed by atoms with van der Waals surface area (Å²) < 4.78 is 52.3. The monoisotopic (exact) mass is 280 g/mol. The number of carboxylic acid groups (broad SMARTS) is 1. The van der Waals surface area contributed by atoms with E-state index < -0.39 is 41.0 Å². The Morgan fingerprint density at radius 3 is 2.21 bits per heavy atom. The van der Waals surface area contributed by atoms with Gasteiger partial charge < -0.3 is 9.84 Å². The van der Waals surface area contributed by atoms with E-state index in [0.717, 1.165) is 0 Å². The number of benzene rings is 1. The topological polar surface area (TPSA) is 80.7 Å². The van der Waals surface area contributed by atoms with Crippen LogP contribution in [0, 0.1) is 5.82 Å². The molecule has 1 aromatic rings. The molecule has 5 nitrogen and oxygen atoms in total. The predicted molar refractivity (Wildman–Crippen MR) is 50.1 cm³/mol. The van der Waals surface area contributed by atoms with E-state index in [1.807, 2.05) is 0 Å². The maximum atomic E-state index is 13.2. The normalized spacial score (nSPS) is 10.9. The van der Waals surface area contributed by atoms with Gasteiger partial charge in [0.2, 0.25) is 5.78 Å². The van der Waals surface area contributed by atoms with Gasteiger partial charge in [-0.3, -0.25) is 9.59 Å². The molecule has 1 N–H and O–H groups in total. The van der Waals surface area contributed by atoms with Crippen LogP contribution in [-0.2, 0) is 9.59 Å². The van der Waals surface area contributed by atoms with E-state index >= 15 is 0 Å². The molecule has 0 aromatic heterocycles. The van der Waals surface area contributed by atoms with Crippen molar-refractivity contribution in [2.45, 2.75) is 6.36 Å². The molecule has 0 bridgehead atoms. The molecular weight excluding hydrogens is 276 g/mol. The van der Waals surface area contributed by atoms with Gasteiger partial charge in [-0.2, -0.15) is 0 Å². The van der Waals surface area contributed by atoms with Crippen molar-refractivity contribution in [3.8, 4) is 5.75 Å². The first-order valence-electron chi connectivity index (χ1n) is 4.49. The van der Waals surface area contributed by atoms with Gasteiger partial charge in [-0.25, -0.2) is 9.18 Å². The number of rotatable bonds is 4. The summed E-state index contributed by atoms with van der Waals surface area (Å²) >= 11 is 0. The molecule has 0 heterocycles. The fourth-order valence-electron chi connectivity index (χ4n) is 1.09. The minimum absolute atomic E-state index is 0.298. The third kappa shape index (κ3) is 3.76. The first kappa shape index (κ1) is 14.6. The molecule has 1 aromatic carbocycles. The number of carbonyl (C=O) groups is 3. The van der Waals surface area contributed by atoms with Crippen molar-refractivity contribution in [3.63, 3.8) is 0 Å². The molecule has 0 fully saturated rings. The number of ether oxygens (including phenoxy) is 1. The van der Waals surface area contributed by atoms with E-state index in [1.54, 1.807) is 0 Å². The molecule has 0 atom stereocenters. The van der Waals surface area contributed by atoms with Crippen molar-refractivity contribution in [1.82, 2.24) is 0 Å². The van der Waals surface area contributed by atoms with Gasteiger partial charge in [0.25, 0.3) is 0 Å². The van der Waals surface area contributed by atoms with Gasteiger partial charge in [0.05, 0.1) is 5.56 Å². The number of aliphatic carboxylic acids is 1. The summed E-state index contributed by atoms with van der Waals surface area (Å²) in [5, 5.41) is 8.26. The number of carbonyl (C=O) groups excluding carboxylic acids is 2. The van der Waals surface area contributed by atoms with Crippen LogP contribution in [-0.4, -0.2) is 29.0 Å². The Labute approximate surface area is 102 Å². The molecule has 0 saturated carbocycles. The fourth-order valence-corrected chi connectivity index (χ4v) is 1.09. The van der Waals surface area contributed by atoms with Crippen LogP contribution in [0.3, 0.4) is 0 Å². The van der Waals surface area contributed by atoms with Gasteiger partial charge in [-0.05, 0) is 18.2 Å². The molecule has 0 unspecified atom stereocenters. The van der Waals surface area contributed by atoms with Crippen LogP contribution in [0.5, 0.6) is 5.75 Å². The standard InChI is InChI=1S/C10H4F4O5/c11-6-2-1-4(19-10(12,13)14)3-5(6)7(15)8(16)9(17)18/h1-3H,(H,17,18).